The number of aromatic nitrogens is 4. The number of fused-ring (bicyclic) bond motifs is 1. The first-order valence-electron chi connectivity index (χ1n) is 8.63. The number of benzene rings is 1. The molecule has 1 N–H and O–H groups in total. The maximum Gasteiger partial charge on any atom is 0.185 e. The van der Waals surface area contributed by atoms with Gasteiger partial charge in [-0.3, -0.25) is 0 Å². The van der Waals surface area contributed by atoms with Gasteiger partial charge in [-0.2, -0.15) is 4.52 Å². The molecule has 136 valence electrons. The molecule has 8 heteroatoms. The number of hydrogen-bond donors (Lipinski definition) is 1. The summed E-state index contributed by atoms with van der Waals surface area (Å²) >= 11 is 12.2. The van der Waals surface area contributed by atoms with Crippen molar-refractivity contribution < 1.29 is 4.74 Å². The van der Waals surface area contributed by atoms with Crippen LogP contribution in [0.5, 0.6) is 0 Å². The van der Waals surface area contributed by atoms with E-state index in [4.69, 9.17) is 27.9 Å². The maximum atomic E-state index is 6.11. The summed E-state index contributed by atoms with van der Waals surface area (Å²) in [6, 6.07) is 9.10. The van der Waals surface area contributed by atoms with E-state index in [0.717, 1.165) is 37.4 Å². The Kier molecular flexibility index (Phi) is 4.98. The Morgan fingerprint density at radius 3 is 2.77 bits per heavy atom. The fourth-order valence-corrected chi connectivity index (χ4v) is 3.80. The van der Waals surface area contributed by atoms with Crippen LogP contribution in [0.2, 0.25) is 10.0 Å². The highest BCUT2D eigenvalue weighted by Gasteiger charge is 2.19. The summed E-state index contributed by atoms with van der Waals surface area (Å²) in [6.45, 7) is 3.81. The second-order valence-corrected chi connectivity index (χ2v) is 7.50. The molecular weight excluding hydrogens is 373 g/mol. The molecule has 26 heavy (non-hydrogen) atoms. The molecule has 2 atom stereocenters. The molecule has 0 spiro atoms. The molecule has 0 aliphatic carbocycles. The van der Waals surface area contributed by atoms with Gasteiger partial charge in [0, 0.05) is 28.8 Å². The van der Waals surface area contributed by atoms with Crippen molar-refractivity contribution in [3.8, 4) is 11.4 Å². The molecule has 4 rings (SSSR count). The molecule has 1 aromatic carbocycles. The van der Waals surface area contributed by atoms with E-state index >= 15 is 0 Å². The minimum absolute atomic E-state index is 0.322. The van der Waals surface area contributed by atoms with Crippen molar-refractivity contribution in [3.63, 3.8) is 0 Å². The highest BCUT2D eigenvalue weighted by atomic mass is 35.5. The van der Waals surface area contributed by atoms with E-state index in [1.807, 2.05) is 12.1 Å². The molecule has 0 unspecified atom stereocenters. The SMILES string of the molecule is C[C@@H]1C[C@H](CNc2ccc3nnc(-c4cc(Cl)cc(Cl)c4)n3n2)CCO1. The zero-order valence-electron chi connectivity index (χ0n) is 14.3. The average molecular weight is 392 g/mol. The lowest BCUT2D eigenvalue weighted by atomic mass is 9.96. The number of nitrogens with zero attached hydrogens (tertiary/aromatic N) is 4. The minimum atomic E-state index is 0.322. The second kappa shape index (κ2) is 7.39. The highest BCUT2D eigenvalue weighted by Crippen LogP contribution is 2.26. The standard InChI is InChI=1S/C18H19Cl2N5O/c1-11-6-12(4-5-26-11)10-21-16-2-3-17-22-23-18(25(17)24-16)13-7-14(19)9-15(20)8-13/h2-3,7-9,11-12H,4-6,10H2,1H3,(H,21,24)/t11-,12-/m1/s1. The van der Waals surface area contributed by atoms with Crippen LogP contribution in [-0.4, -0.2) is 39.1 Å². The second-order valence-electron chi connectivity index (χ2n) is 6.62. The lowest BCUT2D eigenvalue weighted by Gasteiger charge is -2.27. The summed E-state index contributed by atoms with van der Waals surface area (Å²) in [6.07, 6.45) is 2.45. The highest BCUT2D eigenvalue weighted by molar-refractivity contribution is 6.35. The summed E-state index contributed by atoms with van der Waals surface area (Å²) in [5.41, 5.74) is 1.44. The molecule has 3 heterocycles. The number of nitrogens with one attached hydrogen (secondary N) is 1. The fraction of sp³-hybridized carbons (Fsp3) is 0.389. The van der Waals surface area contributed by atoms with E-state index in [1.54, 1.807) is 22.7 Å². The maximum absolute atomic E-state index is 6.11. The summed E-state index contributed by atoms with van der Waals surface area (Å²) in [5, 5.41) is 17.6. The van der Waals surface area contributed by atoms with Crippen molar-refractivity contribution in [2.75, 3.05) is 18.5 Å². The van der Waals surface area contributed by atoms with Crippen LogP contribution in [0.15, 0.2) is 30.3 Å². The van der Waals surface area contributed by atoms with Gasteiger partial charge in [0.1, 0.15) is 5.82 Å². The number of halogens is 2. The van der Waals surface area contributed by atoms with Gasteiger partial charge in [-0.05, 0) is 56.0 Å². The zero-order chi connectivity index (χ0) is 18.1. The van der Waals surface area contributed by atoms with Crippen molar-refractivity contribution in [3.05, 3.63) is 40.4 Å². The first-order valence-corrected chi connectivity index (χ1v) is 9.38. The molecule has 1 saturated heterocycles. The third kappa shape index (κ3) is 3.77. The van der Waals surface area contributed by atoms with Gasteiger partial charge in [0.15, 0.2) is 11.5 Å². The van der Waals surface area contributed by atoms with Gasteiger partial charge in [0.25, 0.3) is 0 Å². The van der Waals surface area contributed by atoms with Crippen molar-refractivity contribution in [1.29, 1.82) is 0 Å². The molecule has 0 amide bonds. The van der Waals surface area contributed by atoms with Crippen LogP contribution in [0.1, 0.15) is 19.8 Å². The lowest BCUT2D eigenvalue weighted by molar-refractivity contribution is 0.00557. The Bertz CT molecular complexity index is 909. The van der Waals surface area contributed by atoms with E-state index in [9.17, 15) is 0 Å². The minimum Gasteiger partial charge on any atom is -0.378 e. The first-order chi connectivity index (χ1) is 12.6. The summed E-state index contributed by atoms with van der Waals surface area (Å²) < 4.78 is 7.31. The molecule has 0 radical (unpaired) electrons. The average Bonchev–Trinajstić information content (AvgIpc) is 3.02. The summed E-state index contributed by atoms with van der Waals surface area (Å²) in [5.74, 6) is 1.97. The van der Waals surface area contributed by atoms with Gasteiger partial charge in [0.05, 0.1) is 6.10 Å². The van der Waals surface area contributed by atoms with Gasteiger partial charge >= 0.3 is 0 Å². The van der Waals surface area contributed by atoms with Crippen molar-refractivity contribution in [1.82, 2.24) is 19.8 Å². The number of hydrogen-bond acceptors (Lipinski definition) is 5. The van der Waals surface area contributed by atoms with E-state index < -0.39 is 0 Å². The van der Waals surface area contributed by atoms with Gasteiger partial charge in [-0.25, -0.2) is 0 Å². The predicted octanol–water partition coefficient (Wildman–Crippen LogP) is 4.33. The normalized spacial score (nSPS) is 20.4. The zero-order valence-corrected chi connectivity index (χ0v) is 15.8. The van der Waals surface area contributed by atoms with Gasteiger partial charge in [0.2, 0.25) is 0 Å². The summed E-state index contributed by atoms with van der Waals surface area (Å²) in [4.78, 5) is 0. The smallest absolute Gasteiger partial charge is 0.185 e. The van der Waals surface area contributed by atoms with E-state index in [1.165, 1.54) is 0 Å². The molecule has 1 aliphatic heterocycles. The first kappa shape index (κ1) is 17.5. The quantitative estimate of drug-likeness (QED) is 0.716. The van der Waals surface area contributed by atoms with Crippen LogP contribution < -0.4 is 5.32 Å². The Balaban J connectivity index is 1.58. The Morgan fingerprint density at radius 2 is 2.00 bits per heavy atom. The molecular formula is C18H19Cl2N5O. The largest absolute Gasteiger partial charge is 0.378 e. The Labute approximate surface area is 161 Å². The lowest BCUT2D eigenvalue weighted by Crippen LogP contribution is -2.28. The molecule has 1 aliphatic rings. The van der Waals surface area contributed by atoms with Gasteiger partial charge < -0.3 is 10.1 Å². The van der Waals surface area contributed by atoms with E-state index in [0.29, 0.717) is 33.5 Å². The van der Waals surface area contributed by atoms with Crippen LogP contribution in [-0.2, 0) is 4.74 Å². The molecule has 3 aromatic rings. The third-order valence-corrected chi connectivity index (χ3v) is 4.99. The monoisotopic (exact) mass is 391 g/mol. The molecule has 0 bridgehead atoms. The Hall–Kier alpha value is -1.89. The van der Waals surface area contributed by atoms with E-state index in [2.05, 4.69) is 27.5 Å². The van der Waals surface area contributed by atoms with Crippen molar-refractivity contribution in [2.45, 2.75) is 25.9 Å². The molecule has 1 fully saturated rings. The van der Waals surface area contributed by atoms with Crippen LogP contribution in [0.3, 0.4) is 0 Å². The molecule has 6 nitrogen and oxygen atoms in total. The van der Waals surface area contributed by atoms with Crippen molar-refractivity contribution in [2.24, 2.45) is 5.92 Å². The van der Waals surface area contributed by atoms with Crippen LogP contribution in [0.4, 0.5) is 5.82 Å². The predicted molar refractivity (Wildman–Crippen MR) is 103 cm³/mol. The van der Waals surface area contributed by atoms with Crippen LogP contribution in [0, 0.1) is 5.92 Å². The van der Waals surface area contributed by atoms with Crippen LogP contribution in [0.25, 0.3) is 17.0 Å². The number of anilines is 1. The Morgan fingerprint density at radius 1 is 1.19 bits per heavy atom. The molecule has 0 saturated carbocycles. The van der Waals surface area contributed by atoms with Gasteiger partial charge in [-0.1, -0.05) is 23.2 Å². The summed E-state index contributed by atoms with van der Waals surface area (Å²) in [7, 11) is 0. The van der Waals surface area contributed by atoms with Crippen molar-refractivity contribution >= 4 is 34.7 Å². The number of rotatable bonds is 4. The number of ether oxygens (including phenoxy) is 1. The van der Waals surface area contributed by atoms with Crippen LogP contribution >= 0.6 is 23.2 Å². The van der Waals surface area contributed by atoms with Gasteiger partial charge in [-0.15, -0.1) is 15.3 Å². The third-order valence-electron chi connectivity index (χ3n) is 4.55. The molecule has 2 aromatic heterocycles. The fourth-order valence-electron chi connectivity index (χ4n) is 3.27. The topological polar surface area (TPSA) is 64.3 Å². The van der Waals surface area contributed by atoms with E-state index in [-0.39, 0.29) is 0 Å².